The van der Waals surface area contributed by atoms with Gasteiger partial charge in [-0.2, -0.15) is 0 Å². The van der Waals surface area contributed by atoms with Crippen LogP contribution < -0.4 is 0 Å². The lowest BCUT2D eigenvalue weighted by Gasteiger charge is -2.59. The molecule has 4 aliphatic carbocycles. The molecule has 4 saturated carbocycles. The van der Waals surface area contributed by atoms with E-state index in [1.165, 1.54) is 0 Å². The van der Waals surface area contributed by atoms with Crippen molar-refractivity contribution in [3.05, 3.63) is 0 Å². The molecule has 0 aromatic heterocycles. The molecule has 0 aromatic rings. The Balaban J connectivity index is 1.88. The van der Waals surface area contributed by atoms with Crippen LogP contribution in [0.15, 0.2) is 0 Å². The SMILES string of the molecule is C[C@]12CC[C@@H]3[C@H](C(=O)C[C@@]4(O)CCC[C@@]34C(=O)O)[C@@]1(O)CCC2=O. The van der Waals surface area contributed by atoms with Gasteiger partial charge in [-0.1, -0.05) is 0 Å². The molecule has 0 radical (unpaired) electrons. The van der Waals surface area contributed by atoms with E-state index in [9.17, 15) is 29.7 Å². The standard InChI is InChI=1S/C18H24O6/c1-15-7-3-10-13(18(15,24)8-4-12(15)20)11(19)9-16(23)5-2-6-17(10,16)14(21)22/h10,13,23-24H,2-9H2,1H3,(H,21,22)/t10-,13-,15-,16+,17+,18+/m1/s1. The van der Waals surface area contributed by atoms with E-state index in [0.29, 0.717) is 32.1 Å². The molecule has 6 nitrogen and oxygen atoms in total. The third kappa shape index (κ3) is 1.48. The highest BCUT2D eigenvalue weighted by atomic mass is 16.4. The summed E-state index contributed by atoms with van der Waals surface area (Å²) in [5, 5.41) is 32.4. The normalized spacial score (nSPS) is 53.5. The lowest BCUT2D eigenvalue weighted by Crippen LogP contribution is -2.70. The molecule has 0 heterocycles. The number of aliphatic carboxylic acids is 1. The summed E-state index contributed by atoms with van der Waals surface area (Å²) in [6, 6.07) is 0. The maximum Gasteiger partial charge on any atom is 0.312 e. The summed E-state index contributed by atoms with van der Waals surface area (Å²) < 4.78 is 0. The number of carbonyl (C=O) groups excluding carboxylic acids is 2. The van der Waals surface area contributed by atoms with E-state index >= 15 is 0 Å². The van der Waals surface area contributed by atoms with Crippen LogP contribution in [0.5, 0.6) is 0 Å². The van der Waals surface area contributed by atoms with Crippen molar-refractivity contribution in [2.75, 3.05) is 0 Å². The Morgan fingerprint density at radius 3 is 2.50 bits per heavy atom. The van der Waals surface area contributed by atoms with Gasteiger partial charge in [0, 0.05) is 12.8 Å². The third-order valence-corrected chi connectivity index (χ3v) is 8.00. The van der Waals surface area contributed by atoms with Crippen LogP contribution in [0.3, 0.4) is 0 Å². The number of carbonyl (C=O) groups is 3. The first-order chi connectivity index (χ1) is 11.1. The number of rotatable bonds is 1. The van der Waals surface area contributed by atoms with Crippen molar-refractivity contribution < 1.29 is 29.7 Å². The second-order valence-corrected chi connectivity index (χ2v) is 8.61. The van der Waals surface area contributed by atoms with Crippen molar-refractivity contribution in [3.8, 4) is 0 Å². The van der Waals surface area contributed by atoms with Gasteiger partial charge in [0.2, 0.25) is 0 Å². The topological polar surface area (TPSA) is 112 Å². The average Bonchev–Trinajstić information content (AvgIpc) is 2.96. The molecule has 132 valence electrons. The lowest BCUT2D eigenvalue weighted by molar-refractivity contribution is -0.223. The van der Waals surface area contributed by atoms with E-state index in [-0.39, 0.29) is 30.8 Å². The molecule has 4 fully saturated rings. The summed E-state index contributed by atoms with van der Waals surface area (Å²) in [7, 11) is 0. The second kappa shape index (κ2) is 4.47. The molecular weight excluding hydrogens is 312 g/mol. The Bertz CT molecular complexity index is 658. The molecule has 0 aliphatic heterocycles. The molecule has 0 aromatic carbocycles. The molecule has 6 heteroatoms. The number of hydrogen-bond acceptors (Lipinski definition) is 5. The van der Waals surface area contributed by atoms with E-state index in [1.807, 2.05) is 0 Å². The molecule has 0 unspecified atom stereocenters. The van der Waals surface area contributed by atoms with Crippen molar-refractivity contribution >= 4 is 17.5 Å². The van der Waals surface area contributed by atoms with Gasteiger partial charge in [0.1, 0.15) is 17.0 Å². The van der Waals surface area contributed by atoms with Crippen molar-refractivity contribution in [3.63, 3.8) is 0 Å². The Hall–Kier alpha value is -1.27. The first-order valence-corrected chi connectivity index (χ1v) is 8.87. The molecular formula is C18H24O6. The van der Waals surface area contributed by atoms with E-state index in [2.05, 4.69) is 0 Å². The Morgan fingerprint density at radius 1 is 1.12 bits per heavy atom. The Labute approximate surface area is 140 Å². The zero-order valence-corrected chi connectivity index (χ0v) is 13.9. The van der Waals surface area contributed by atoms with Gasteiger partial charge in [-0.3, -0.25) is 14.4 Å². The minimum absolute atomic E-state index is 0.0344. The molecule has 6 atom stereocenters. The van der Waals surface area contributed by atoms with Gasteiger partial charge < -0.3 is 15.3 Å². The molecule has 24 heavy (non-hydrogen) atoms. The van der Waals surface area contributed by atoms with Crippen LogP contribution >= 0.6 is 0 Å². The zero-order valence-electron chi connectivity index (χ0n) is 13.9. The predicted molar refractivity (Wildman–Crippen MR) is 82.0 cm³/mol. The highest BCUT2D eigenvalue weighted by Gasteiger charge is 2.76. The minimum Gasteiger partial charge on any atom is -0.481 e. The first kappa shape index (κ1) is 16.2. The molecule has 3 N–H and O–H groups in total. The van der Waals surface area contributed by atoms with Crippen LogP contribution in [0, 0.1) is 22.7 Å². The quantitative estimate of drug-likeness (QED) is 0.660. The van der Waals surface area contributed by atoms with Crippen molar-refractivity contribution in [2.24, 2.45) is 22.7 Å². The largest absolute Gasteiger partial charge is 0.481 e. The molecule has 4 rings (SSSR count). The van der Waals surface area contributed by atoms with Crippen molar-refractivity contribution in [2.45, 2.75) is 69.5 Å². The summed E-state index contributed by atoms with van der Waals surface area (Å²) in [5.74, 6) is -2.84. The van der Waals surface area contributed by atoms with Crippen LogP contribution in [0.25, 0.3) is 0 Å². The molecule has 0 amide bonds. The van der Waals surface area contributed by atoms with Crippen LogP contribution in [-0.4, -0.2) is 44.1 Å². The predicted octanol–water partition coefficient (Wildman–Crippen LogP) is 1.07. The Kier molecular flexibility index (Phi) is 3.02. The van der Waals surface area contributed by atoms with E-state index in [1.54, 1.807) is 6.92 Å². The molecule has 0 saturated heterocycles. The second-order valence-electron chi connectivity index (χ2n) is 8.61. The maximum atomic E-state index is 12.9. The number of ketones is 2. The van der Waals surface area contributed by atoms with Gasteiger partial charge in [-0.05, 0) is 51.4 Å². The van der Waals surface area contributed by atoms with Crippen LogP contribution in [-0.2, 0) is 14.4 Å². The lowest BCUT2D eigenvalue weighted by atomic mass is 9.45. The maximum absolute atomic E-state index is 12.9. The van der Waals surface area contributed by atoms with E-state index < -0.39 is 39.8 Å². The van der Waals surface area contributed by atoms with E-state index in [4.69, 9.17) is 0 Å². The fourth-order valence-electron chi connectivity index (χ4n) is 6.67. The number of fused-ring (bicyclic) bond motifs is 5. The van der Waals surface area contributed by atoms with Gasteiger partial charge >= 0.3 is 5.97 Å². The summed E-state index contributed by atoms with van der Waals surface area (Å²) in [5.41, 5.74) is -5.36. The number of hydrogen-bond donors (Lipinski definition) is 3. The summed E-state index contributed by atoms with van der Waals surface area (Å²) >= 11 is 0. The highest BCUT2D eigenvalue weighted by Crippen LogP contribution is 2.68. The molecule has 0 spiro atoms. The Morgan fingerprint density at radius 2 is 1.83 bits per heavy atom. The van der Waals surface area contributed by atoms with Crippen LogP contribution in [0.1, 0.15) is 58.3 Å². The average molecular weight is 336 g/mol. The summed E-state index contributed by atoms with van der Waals surface area (Å²) in [6.07, 6.45) is 2.17. The summed E-state index contributed by atoms with van der Waals surface area (Å²) in [4.78, 5) is 37.5. The number of carboxylic acid groups (broad SMARTS) is 1. The van der Waals surface area contributed by atoms with E-state index in [0.717, 1.165) is 0 Å². The fourth-order valence-corrected chi connectivity index (χ4v) is 6.67. The van der Waals surface area contributed by atoms with Crippen LogP contribution in [0.4, 0.5) is 0 Å². The van der Waals surface area contributed by atoms with Gasteiger partial charge in [0.15, 0.2) is 0 Å². The molecule has 0 bridgehead atoms. The number of aliphatic hydroxyl groups is 2. The number of Topliss-reactive ketones (excluding diaryl/α,β-unsaturated/α-hetero) is 2. The van der Waals surface area contributed by atoms with Crippen molar-refractivity contribution in [1.82, 2.24) is 0 Å². The molecule has 4 aliphatic rings. The first-order valence-electron chi connectivity index (χ1n) is 8.87. The fraction of sp³-hybridized carbons (Fsp3) is 0.833. The van der Waals surface area contributed by atoms with Gasteiger partial charge in [-0.25, -0.2) is 0 Å². The van der Waals surface area contributed by atoms with Crippen LogP contribution in [0.2, 0.25) is 0 Å². The number of carboxylic acids is 1. The van der Waals surface area contributed by atoms with Crippen molar-refractivity contribution in [1.29, 1.82) is 0 Å². The van der Waals surface area contributed by atoms with Gasteiger partial charge in [-0.15, -0.1) is 0 Å². The summed E-state index contributed by atoms with van der Waals surface area (Å²) in [6.45, 7) is 1.72. The smallest absolute Gasteiger partial charge is 0.312 e. The minimum atomic E-state index is -1.52. The highest BCUT2D eigenvalue weighted by molar-refractivity contribution is 5.95. The zero-order chi connectivity index (χ0) is 17.5. The van der Waals surface area contributed by atoms with Gasteiger partial charge in [0.05, 0.1) is 22.5 Å². The van der Waals surface area contributed by atoms with Gasteiger partial charge in [0.25, 0.3) is 0 Å². The third-order valence-electron chi connectivity index (χ3n) is 8.00. The monoisotopic (exact) mass is 336 g/mol.